The Morgan fingerprint density at radius 3 is 2.55 bits per heavy atom. The number of carbonyl (C=O) groups is 3. The molecule has 0 aromatic carbocycles. The third-order valence-electron chi connectivity index (χ3n) is 6.98. The maximum absolute atomic E-state index is 12.3. The van der Waals surface area contributed by atoms with Crippen LogP contribution in [-0.4, -0.2) is 24.1 Å². The summed E-state index contributed by atoms with van der Waals surface area (Å²) in [5.74, 6) is 0.947. The second kappa shape index (κ2) is 5.17. The van der Waals surface area contributed by atoms with Gasteiger partial charge < -0.3 is 9.53 Å². The number of Topliss-reactive ketones (excluding diaryl/α,β-unsaturated/α-hetero) is 1. The minimum atomic E-state index is -0.802. The van der Waals surface area contributed by atoms with E-state index in [1.54, 1.807) is 0 Å². The fourth-order valence-corrected chi connectivity index (χ4v) is 5.71. The highest BCUT2D eigenvalue weighted by Crippen LogP contribution is 2.62. The molecule has 4 nitrogen and oxygen atoms in total. The molecule has 6 atom stereocenters. The first-order valence-electron chi connectivity index (χ1n) is 8.50. The molecule has 3 fully saturated rings. The van der Waals surface area contributed by atoms with E-state index >= 15 is 0 Å². The monoisotopic (exact) mass is 306 g/mol. The number of fused-ring (bicyclic) bond motifs is 3. The number of ketones is 1. The van der Waals surface area contributed by atoms with Gasteiger partial charge in [-0.05, 0) is 56.8 Å². The van der Waals surface area contributed by atoms with Crippen molar-refractivity contribution in [2.75, 3.05) is 0 Å². The van der Waals surface area contributed by atoms with E-state index in [4.69, 9.17) is 4.74 Å². The Hall–Kier alpha value is -1.19. The van der Waals surface area contributed by atoms with Crippen LogP contribution in [0.2, 0.25) is 0 Å². The normalized spacial score (nSPS) is 47.5. The Balaban J connectivity index is 1.88. The van der Waals surface area contributed by atoms with Crippen molar-refractivity contribution in [3.63, 3.8) is 0 Å². The van der Waals surface area contributed by atoms with Gasteiger partial charge in [-0.3, -0.25) is 9.59 Å². The summed E-state index contributed by atoms with van der Waals surface area (Å²) in [6.45, 7) is 5.55. The van der Waals surface area contributed by atoms with Gasteiger partial charge >= 0.3 is 5.97 Å². The molecule has 0 amide bonds. The van der Waals surface area contributed by atoms with Gasteiger partial charge in [-0.15, -0.1) is 0 Å². The highest BCUT2D eigenvalue weighted by molar-refractivity contribution is 5.98. The maximum atomic E-state index is 12.3. The average Bonchev–Trinajstić information content (AvgIpc) is 2.79. The van der Waals surface area contributed by atoms with E-state index in [1.807, 2.05) is 6.92 Å². The third kappa shape index (κ3) is 2.06. The first-order chi connectivity index (χ1) is 10.3. The van der Waals surface area contributed by atoms with Crippen LogP contribution >= 0.6 is 0 Å². The number of ether oxygens (including phenoxy) is 1. The molecule has 0 spiro atoms. The van der Waals surface area contributed by atoms with Crippen LogP contribution in [0, 0.1) is 28.6 Å². The molecule has 0 aliphatic heterocycles. The van der Waals surface area contributed by atoms with Crippen molar-refractivity contribution in [3.8, 4) is 0 Å². The molecule has 0 heterocycles. The highest BCUT2D eigenvalue weighted by atomic mass is 16.5. The zero-order valence-electron chi connectivity index (χ0n) is 13.8. The van der Waals surface area contributed by atoms with Crippen LogP contribution in [0.4, 0.5) is 0 Å². The average molecular weight is 306 g/mol. The SMILES string of the molecule is CC(=O)O[C@@H]1CC[C@@H]2[C@@H]3CCC(=O)[C@](C)(C=O)[C@@H]3CC[C@]21C. The van der Waals surface area contributed by atoms with E-state index in [0.29, 0.717) is 18.3 Å². The standard InChI is InChI=1S/C18H26O4/c1-11(20)22-16-7-5-13-12-4-6-15(21)18(3,10-19)14(12)8-9-17(13,16)2/h10,12-14,16H,4-9H2,1-3H3/t12-,13+,14+,16+,17+,18+/m0/s1. The summed E-state index contributed by atoms with van der Waals surface area (Å²) in [4.78, 5) is 35.3. The molecule has 3 aliphatic rings. The van der Waals surface area contributed by atoms with E-state index in [2.05, 4.69) is 6.92 Å². The summed E-state index contributed by atoms with van der Waals surface area (Å²) >= 11 is 0. The molecule has 0 radical (unpaired) electrons. The minimum absolute atomic E-state index is 0.00364. The molecule has 22 heavy (non-hydrogen) atoms. The van der Waals surface area contributed by atoms with Crippen molar-refractivity contribution in [1.29, 1.82) is 0 Å². The predicted molar refractivity (Wildman–Crippen MR) is 81.0 cm³/mol. The van der Waals surface area contributed by atoms with Gasteiger partial charge in [0.1, 0.15) is 18.2 Å². The second-order valence-corrected chi connectivity index (χ2v) is 7.96. The number of hydrogen-bond donors (Lipinski definition) is 0. The Labute approximate surface area is 132 Å². The summed E-state index contributed by atoms with van der Waals surface area (Å²) in [5, 5.41) is 0. The van der Waals surface area contributed by atoms with Gasteiger partial charge in [0.15, 0.2) is 0 Å². The van der Waals surface area contributed by atoms with Crippen molar-refractivity contribution in [3.05, 3.63) is 0 Å². The number of hydrogen-bond acceptors (Lipinski definition) is 4. The van der Waals surface area contributed by atoms with Crippen molar-refractivity contribution in [1.82, 2.24) is 0 Å². The maximum Gasteiger partial charge on any atom is 0.302 e. The Kier molecular flexibility index (Phi) is 3.69. The van der Waals surface area contributed by atoms with E-state index in [1.165, 1.54) is 6.92 Å². The molecular formula is C18H26O4. The Morgan fingerprint density at radius 1 is 1.18 bits per heavy atom. The lowest BCUT2D eigenvalue weighted by molar-refractivity contribution is -0.160. The van der Waals surface area contributed by atoms with Crippen LogP contribution in [0.3, 0.4) is 0 Å². The Bertz CT molecular complexity index is 513. The molecular weight excluding hydrogens is 280 g/mol. The van der Waals surface area contributed by atoms with Gasteiger partial charge in [-0.2, -0.15) is 0 Å². The summed E-state index contributed by atoms with van der Waals surface area (Å²) in [6, 6.07) is 0. The fraction of sp³-hybridized carbons (Fsp3) is 0.833. The lowest BCUT2D eigenvalue weighted by atomic mass is 9.50. The van der Waals surface area contributed by atoms with Crippen LogP contribution in [0.5, 0.6) is 0 Å². The summed E-state index contributed by atoms with van der Waals surface area (Å²) in [7, 11) is 0. The quantitative estimate of drug-likeness (QED) is 0.447. The van der Waals surface area contributed by atoms with E-state index in [-0.39, 0.29) is 29.2 Å². The first-order valence-corrected chi connectivity index (χ1v) is 8.50. The van der Waals surface area contributed by atoms with Crippen molar-refractivity contribution in [2.24, 2.45) is 28.6 Å². The minimum Gasteiger partial charge on any atom is -0.462 e. The second-order valence-electron chi connectivity index (χ2n) is 7.96. The third-order valence-corrected chi connectivity index (χ3v) is 6.98. The molecule has 122 valence electrons. The van der Waals surface area contributed by atoms with Gasteiger partial charge in [0.2, 0.25) is 0 Å². The number of carbonyl (C=O) groups excluding carboxylic acids is 3. The Morgan fingerprint density at radius 2 is 1.91 bits per heavy atom. The molecule has 0 aromatic heterocycles. The van der Waals surface area contributed by atoms with Gasteiger partial charge in [-0.1, -0.05) is 6.92 Å². The summed E-state index contributed by atoms with van der Waals surface area (Å²) < 4.78 is 5.59. The van der Waals surface area contributed by atoms with Crippen LogP contribution in [0.1, 0.15) is 59.3 Å². The van der Waals surface area contributed by atoms with Crippen molar-refractivity contribution < 1.29 is 19.1 Å². The molecule has 4 heteroatoms. The summed E-state index contributed by atoms with van der Waals surface area (Å²) in [6.07, 6.45) is 6.07. The van der Waals surface area contributed by atoms with Crippen LogP contribution in [0.15, 0.2) is 0 Å². The summed E-state index contributed by atoms with van der Waals surface area (Å²) in [5.41, 5.74) is -0.791. The van der Waals surface area contributed by atoms with Crippen molar-refractivity contribution in [2.45, 2.75) is 65.4 Å². The lowest BCUT2D eigenvalue weighted by Gasteiger charge is -2.53. The molecule has 0 saturated heterocycles. The molecule has 0 aromatic rings. The largest absolute Gasteiger partial charge is 0.462 e. The van der Waals surface area contributed by atoms with Crippen molar-refractivity contribution >= 4 is 18.0 Å². The van der Waals surface area contributed by atoms with E-state index < -0.39 is 5.41 Å². The molecule has 3 saturated carbocycles. The fourth-order valence-electron chi connectivity index (χ4n) is 5.71. The lowest BCUT2D eigenvalue weighted by Crippen LogP contribution is -2.53. The zero-order chi connectivity index (χ0) is 16.1. The van der Waals surface area contributed by atoms with Gasteiger partial charge in [0, 0.05) is 18.8 Å². The molecule has 0 bridgehead atoms. The number of esters is 1. The number of aldehydes is 1. The van der Waals surface area contributed by atoms with Gasteiger partial charge in [0.25, 0.3) is 0 Å². The molecule has 0 unspecified atom stereocenters. The number of rotatable bonds is 2. The zero-order valence-corrected chi connectivity index (χ0v) is 13.8. The van der Waals surface area contributed by atoms with E-state index in [9.17, 15) is 14.4 Å². The predicted octanol–water partition coefficient (Wildman–Crippen LogP) is 2.93. The highest BCUT2D eigenvalue weighted by Gasteiger charge is 2.60. The van der Waals surface area contributed by atoms with E-state index in [0.717, 1.165) is 38.4 Å². The smallest absolute Gasteiger partial charge is 0.302 e. The van der Waals surface area contributed by atoms with Crippen LogP contribution in [0.25, 0.3) is 0 Å². The topological polar surface area (TPSA) is 60.4 Å². The molecule has 0 N–H and O–H groups in total. The van der Waals surface area contributed by atoms with Crippen LogP contribution in [-0.2, 0) is 19.1 Å². The van der Waals surface area contributed by atoms with Gasteiger partial charge in [0.05, 0.1) is 5.41 Å². The first kappa shape index (κ1) is 15.7. The van der Waals surface area contributed by atoms with Gasteiger partial charge in [-0.25, -0.2) is 0 Å². The van der Waals surface area contributed by atoms with Crippen LogP contribution < -0.4 is 0 Å². The molecule has 3 rings (SSSR count). The molecule has 3 aliphatic carbocycles.